The van der Waals surface area contributed by atoms with E-state index in [2.05, 4.69) is 5.32 Å². The average Bonchev–Trinajstić information content (AvgIpc) is 2.34. The Morgan fingerprint density at radius 2 is 2.17 bits per heavy atom. The van der Waals surface area contributed by atoms with Gasteiger partial charge in [0.1, 0.15) is 0 Å². The fourth-order valence-electron chi connectivity index (χ4n) is 2.40. The summed E-state index contributed by atoms with van der Waals surface area (Å²) in [7, 11) is 0. The van der Waals surface area contributed by atoms with Crippen molar-refractivity contribution in [3.05, 3.63) is 35.4 Å². The first-order valence-corrected chi connectivity index (χ1v) is 6.22. The van der Waals surface area contributed by atoms with Gasteiger partial charge in [-0.1, -0.05) is 32.0 Å². The summed E-state index contributed by atoms with van der Waals surface area (Å²) >= 11 is 0. The fourth-order valence-corrected chi connectivity index (χ4v) is 2.40. The van der Waals surface area contributed by atoms with E-state index in [0.29, 0.717) is 12.1 Å². The number of amides is 1. The topological polar surface area (TPSA) is 75.3 Å². The zero-order valence-corrected chi connectivity index (χ0v) is 10.8. The molecule has 0 radical (unpaired) electrons. The van der Waals surface area contributed by atoms with Crippen molar-refractivity contribution in [2.75, 3.05) is 0 Å². The first-order chi connectivity index (χ1) is 8.43. The third kappa shape index (κ3) is 2.26. The Morgan fingerprint density at radius 3 is 2.72 bits per heavy atom. The Bertz CT molecular complexity index is 457. The Labute approximate surface area is 107 Å². The van der Waals surface area contributed by atoms with E-state index in [9.17, 15) is 9.90 Å². The van der Waals surface area contributed by atoms with Crippen LogP contribution in [0.3, 0.4) is 0 Å². The molecule has 1 aliphatic carbocycles. The van der Waals surface area contributed by atoms with Gasteiger partial charge in [0.2, 0.25) is 5.91 Å². The van der Waals surface area contributed by atoms with Crippen LogP contribution in [-0.4, -0.2) is 23.2 Å². The minimum Gasteiger partial charge on any atom is -0.392 e. The third-order valence-electron chi connectivity index (χ3n) is 4.04. The van der Waals surface area contributed by atoms with Crippen molar-refractivity contribution in [3.8, 4) is 0 Å². The molecule has 4 N–H and O–H groups in total. The van der Waals surface area contributed by atoms with E-state index in [-0.39, 0.29) is 17.6 Å². The van der Waals surface area contributed by atoms with Crippen LogP contribution in [0.25, 0.3) is 0 Å². The molecule has 0 aliphatic heterocycles. The van der Waals surface area contributed by atoms with Gasteiger partial charge < -0.3 is 16.2 Å². The molecule has 0 spiro atoms. The van der Waals surface area contributed by atoms with Crippen LogP contribution in [0, 0.1) is 5.41 Å². The van der Waals surface area contributed by atoms with E-state index >= 15 is 0 Å². The molecule has 2 rings (SSSR count). The lowest BCUT2D eigenvalue weighted by Crippen LogP contribution is -2.59. The van der Waals surface area contributed by atoms with Crippen molar-refractivity contribution >= 4 is 5.91 Å². The standard InChI is InChI=1S/C14H20N2O2/c1-14(2)11(7-12(14)17)16-8-9-5-3-4-6-10(9)13(15)18/h3-6,11-12,16-17H,7-8H2,1-2H3,(H2,15,18). The lowest BCUT2D eigenvalue weighted by Gasteiger charge is -2.49. The van der Waals surface area contributed by atoms with Crippen molar-refractivity contribution in [1.29, 1.82) is 0 Å². The zero-order chi connectivity index (χ0) is 13.3. The maximum Gasteiger partial charge on any atom is 0.249 e. The van der Waals surface area contributed by atoms with Crippen molar-refractivity contribution in [3.63, 3.8) is 0 Å². The molecule has 1 fully saturated rings. The summed E-state index contributed by atoms with van der Waals surface area (Å²) in [6.45, 7) is 4.68. The molecule has 1 aromatic carbocycles. The molecule has 4 nitrogen and oxygen atoms in total. The highest BCUT2D eigenvalue weighted by Crippen LogP contribution is 2.40. The molecule has 0 saturated heterocycles. The van der Waals surface area contributed by atoms with Gasteiger partial charge in [0.05, 0.1) is 6.10 Å². The Balaban J connectivity index is 2.01. The van der Waals surface area contributed by atoms with Crippen LogP contribution in [0.15, 0.2) is 24.3 Å². The molecule has 4 heteroatoms. The summed E-state index contributed by atoms with van der Waals surface area (Å²) in [5.41, 5.74) is 6.69. The molecular weight excluding hydrogens is 228 g/mol. The number of nitrogens with one attached hydrogen (secondary N) is 1. The summed E-state index contributed by atoms with van der Waals surface area (Å²) in [5.74, 6) is -0.402. The second-order valence-corrected chi connectivity index (χ2v) is 5.53. The van der Waals surface area contributed by atoms with Crippen molar-refractivity contribution in [2.45, 2.75) is 39.0 Å². The Kier molecular flexibility index (Phi) is 3.41. The number of rotatable bonds is 4. The van der Waals surface area contributed by atoms with Crippen LogP contribution in [0.2, 0.25) is 0 Å². The minimum atomic E-state index is -0.402. The second kappa shape index (κ2) is 4.71. The van der Waals surface area contributed by atoms with Crippen LogP contribution in [0.4, 0.5) is 0 Å². The summed E-state index contributed by atoms with van der Waals surface area (Å²) in [6.07, 6.45) is 0.507. The van der Waals surface area contributed by atoms with E-state index in [1.54, 1.807) is 12.1 Å². The van der Waals surface area contributed by atoms with Gasteiger partial charge in [-0.15, -0.1) is 0 Å². The average molecular weight is 248 g/mol. The molecule has 1 saturated carbocycles. The van der Waals surface area contributed by atoms with E-state index in [1.807, 2.05) is 26.0 Å². The first-order valence-electron chi connectivity index (χ1n) is 6.22. The number of hydrogen-bond acceptors (Lipinski definition) is 3. The van der Waals surface area contributed by atoms with Gasteiger partial charge in [-0.05, 0) is 18.1 Å². The van der Waals surface area contributed by atoms with Gasteiger partial charge in [-0.3, -0.25) is 4.79 Å². The predicted octanol–water partition coefficient (Wildman–Crippen LogP) is 1.03. The normalized spacial score (nSPS) is 25.5. The number of aliphatic hydroxyl groups excluding tert-OH is 1. The van der Waals surface area contributed by atoms with Crippen molar-refractivity contribution in [2.24, 2.45) is 11.1 Å². The summed E-state index contributed by atoms with van der Waals surface area (Å²) in [6, 6.07) is 7.61. The maximum atomic E-state index is 11.3. The highest BCUT2D eigenvalue weighted by Gasteiger charge is 2.46. The molecule has 1 aromatic rings. The summed E-state index contributed by atoms with van der Waals surface area (Å²) in [4.78, 5) is 11.3. The van der Waals surface area contributed by atoms with Crippen LogP contribution in [-0.2, 0) is 6.54 Å². The lowest BCUT2D eigenvalue weighted by atomic mass is 9.64. The monoisotopic (exact) mass is 248 g/mol. The first kappa shape index (κ1) is 13.1. The van der Waals surface area contributed by atoms with Crippen LogP contribution in [0.5, 0.6) is 0 Å². The van der Waals surface area contributed by atoms with Gasteiger partial charge in [0, 0.05) is 23.6 Å². The number of nitrogens with two attached hydrogens (primary N) is 1. The van der Waals surface area contributed by atoms with Crippen LogP contribution >= 0.6 is 0 Å². The van der Waals surface area contributed by atoms with Crippen LogP contribution in [0.1, 0.15) is 36.2 Å². The molecule has 18 heavy (non-hydrogen) atoms. The van der Waals surface area contributed by atoms with Gasteiger partial charge >= 0.3 is 0 Å². The summed E-state index contributed by atoms with van der Waals surface area (Å²) in [5, 5.41) is 13.1. The number of aliphatic hydroxyl groups is 1. The molecule has 1 amide bonds. The SMILES string of the molecule is CC1(C)C(O)CC1NCc1ccccc1C(N)=O. The number of hydrogen-bond donors (Lipinski definition) is 3. The van der Waals surface area contributed by atoms with Gasteiger partial charge in [-0.25, -0.2) is 0 Å². The molecule has 1 aliphatic rings. The smallest absolute Gasteiger partial charge is 0.249 e. The number of carbonyl (C=O) groups is 1. The third-order valence-corrected chi connectivity index (χ3v) is 4.04. The number of primary amides is 1. The molecule has 0 heterocycles. The van der Waals surface area contributed by atoms with E-state index in [4.69, 9.17) is 5.73 Å². The van der Waals surface area contributed by atoms with E-state index < -0.39 is 5.91 Å². The summed E-state index contributed by atoms with van der Waals surface area (Å²) < 4.78 is 0. The van der Waals surface area contributed by atoms with E-state index in [0.717, 1.165) is 12.0 Å². The van der Waals surface area contributed by atoms with Gasteiger partial charge in [0.15, 0.2) is 0 Å². The fraction of sp³-hybridized carbons (Fsp3) is 0.500. The molecule has 0 bridgehead atoms. The zero-order valence-electron chi connectivity index (χ0n) is 10.8. The molecular formula is C14H20N2O2. The highest BCUT2D eigenvalue weighted by molar-refractivity contribution is 5.94. The molecule has 98 valence electrons. The lowest BCUT2D eigenvalue weighted by molar-refractivity contribution is -0.0730. The highest BCUT2D eigenvalue weighted by atomic mass is 16.3. The predicted molar refractivity (Wildman–Crippen MR) is 70.0 cm³/mol. The quantitative estimate of drug-likeness (QED) is 0.745. The Morgan fingerprint density at radius 1 is 1.50 bits per heavy atom. The molecule has 0 aromatic heterocycles. The van der Waals surface area contributed by atoms with Gasteiger partial charge in [0.25, 0.3) is 0 Å². The van der Waals surface area contributed by atoms with Crippen molar-refractivity contribution < 1.29 is 9.90 Å². The molecule has 2 atom stereocenters. The second-order valence-electron chi connectivity index (χ2n) is 5.53. The molecule has 2 unspecified atom stereocenters. The maximum absolute atomic E-state index is 11.3. The number of benzene rings is 1. The van der Waals surface area contributed by atoms with Crippen LogP contribution < -0.4 is 11.1 Å². The minimum absolute atomic E-state index is 0.109. The Hall–Kier alpha value is -1.39. The number of carbonyl (C=O) groups excluding carboxylic acids is 1. The van der Waals surface area contributed by atoms with Gasteiger partial charge in [-0.2, -0.15) is 0 Å². The van der Waals surface area contributed by atoms with E-state index in [1.165, 1.54) is 0 Å². The van der Waals surface area contributed by atoms with Crippen molar-refractivity contribution in [1.82, 2.24) is 5.32 Å². The largest absolute Gasteiger partial charge is 0.392 e.